The van der Waals surface area contributed by atoms with Crippen molar-refractivity contribution in [1.29, 1.82) is 5.41 Å². The van der Waals surface area contributed by atoms with Crippen molar-refractivity contribution in [1.82, 2.24) is 4.98 Å². The van der Waals surface area contributed by atoms with Crippen LogP contribution in [0.15, 0.2) is 12.1 Å². The summed E-state index contributed by atoms with van der Waals surface area (Å²) in [5.41, 5.74) is 7.06. The topological polar surface area (TPSA) is 86.2 Å². The number of hydrogen-bond acceptors (Lipinski definition) is 4. The maximum absolute atomic E-state index is 9.48. The van der Waals surface area contributed by atoms with Crippen LogP contribution in [0.5, 0.6) is 0 Å². The molecule has 5 nitrogen and oxygen atoms in total. The summed E-state index contributed by atoms with van der Waals surface area (Å²) in [6, 6.07) is 3.74. The second-order valence-corrected chi connectivity index (χ2v) is 4.98. The van der Waals surface area contributed by atoms with Crippen molar-refractivity contribution in [3.05, 3.63) is 23.4 Å². The molecule has 1 aromatic rings. The number of hydrogen-bond donors (Lipinski definition) is 3. The predicted molar refractivity (Wildman–Crippen MR) is 72.0 cm³/mol. The molecule has 0 amide bonds. The van der Waals surface area contributed by atoms with E-state index in [2.05, 4.69) is 16.8 Å². The lowest BCUT2D eigenvalue weighted by molar-refractivity contribution is 0.244. The highest BCUT2D eigenvalue weighted by molar-refractivity contribution is 5.95. The number of rotatable bonds is 3. The molecular formula is C13H20N4O. The second kappa shape index (κ2) is 4.94. The minimum Gasteiger partial charge on any atom is -0.394 e. The van der Waals surface area contributed by atoms with Gasteiger partial charge in [-0.2, -0.15) is 0 Å². The Morgan fingerprint density at radius 1 is 1.61 bits per heavy atom. The third kappa shape index (κ3) is 2.31. The summed E-state index contributed by atoms with van der Waals surface area (Å²) in [6.07, 6.45) is 1.05. The van der Waals surface area contributed by atoms with E-state index in [0.29, 0.717) is 11.5 Å². The molecule has 2 rings (SSSR count). The van der Waals surface area contributed by atoms with Crippen LogP contribution in [-0.4, -0.2) is 35.1 Å². The Balaban J connectivity index is 2.36. The Labute approximate surface area is 107 Å². The number of amidine groups is 1. The highest BCUT2D eigenvalue weighted by atomic mass is 16.3. The molecule has 2 unspecified atom stereocenters. The molecule has 98 valence electrons. The molecule has 1 aliphatic heterocycles. The van der Waals surface area contributed by atoms with E-state index in [4.69, 9.17) is 11.1 Å². The van der Waals surface area contributed by atoms with Crippen molar-refractivity contribution in [3.63, 3.8) is 0 Å². The summed E-state index contributed by atoms with van der Waals surface area (Å²) in [7, 11) is 0. The van der Waals surface area contributed by atoms with Gasteiger partial charge in [0.2, 0.25) is 0 Å². The first-order valence-electron chi connectivity index (χ1n) is 6.23. The van der Waals surface area contributed by atoms with E-state index in [1.54, 1.807) is 6.07 Å². The zero-order chi connectivity index (χ0) is 13.3. The average molecular weight is 248 g/mol. The number of anilines is 1. The van der Waals surface area contributed by atoms with Gasteiger partial charge >= 0.3 is 0 Å². The quantitative estimate of drug-likeness (QED) is 0.547. The smallest absolute Gasteiger partial charge is 0.129 e. The van der Waals surface area contributed by atoms with E-state index in [1.807, 2.05) is 13.0 Å². The maximum atomic E-state index is 9.48. The molecule has 2 atom stereocenters. The molecule has 18 heavy (non-hydrogen) atoms. The van der Waals surface area contributed by atoms with Crippen molar-refractivity contribution >= 4 is 11.7 Å². The number of nitrogens with one attached hydrogen (secondary N) is 1. The van der Waals surface area contributed by atoms with Crippen LogP contribution >= 0.6 is 0 Å². The number of aliphatic hydroxyl groups is 1. The first kappa shape index (κ1) is 12.8. The zero-order valence-electron chi connectivity index (χ0n) is 10.8. The third-order valence-electron chi connectivity index (χ3n) is 3.61. The fourth-order valence-corrected chi connectivity index (χ4v) is 2.52. The SMILES string of the molecule is Cc1cc(C(=N)N)cc(N2CCC(C)C2CO)n1. The molecule has 1 saturated heterocycles. The Hall–Kier alpha value is -1.62. The molecular weight excluding hydrogens is 228 g/mol. The van der Waals surface area contributed by atoms with Crippen molar-refractivity contribution < 1.29 is 5.11 Å². The fraction of sp³-hybridized carbons (Fsp3) is 0.538. The average Bonchev–Trinajstić information content (AvgIpc) is 2.69. The normalized spacial score (nSPS) is 23.4. The Morgan fingerprint density at radius 3 is 2.94 bits per heavy atom. The molecule has 0 aliphatic carbocycles. The number of nitrogens with two attached hydrogens (primary N) is 1. The summed E-state index contributed by atoms with van der Waals surface area (Å²) in [5.74, 6) is 1.32. The first-order chi connectivity index (χ1) is 8.52. The van der Waals surface area contributed by atoms with Crippen LogP contribution in [0.25, 0.3) is 0 Å². The minimum atomic E-state index is 0.0505. The number of nitrogens with zero attached hydrogens (tertiary/aromatic N) is 2. The standard InChI is InChI=1S/C13H20N4O/c1-8-3-4-17(11(8)7-18)12-6-10(13(14)15)5-9(2)16-12/h5-6,8,11,18H,3-4,7H2,1-2H3,(H3,14,15). The summed E-state index contributed by atoms with van der Waals surface area (Å²) in [4.78, 5) is 6.61. The fourth-order valence-electron chi connectivity index (χ4n) is 2.52. The lowest BCUT2D eigenvalue weighted by Gasteiger charge is -2.26. The molecule has 0 aromatic carbocycles. The molecule has 1 aromatic heterocycles. The van der Waals surface area contributed by atoms with Gasteiger partial charge in [0.05, 0.1) is 12.6 Å². The highest BCUT2D eigenvalue weighted by Gasteiger charge is 2.31. The first-order valence-corrected chi connectivity index (χ1v) is 6.23. The van der Waals surface area contributed by atoms with Gasteiger partial charge in [-0.25, -0.2) is 4.98 Å². The van der Waals surface area contributed by atoms with Gasteiger partial charge in [-0.15, -0.1) is 0 Å². The van der Waals surface area contributed by atoms with Crippen molar-refractivity contribution in [2.75, 3.05) is 18.1 Å². The van der Waals surface area contributed by atoms with Gasteiger partial charge in [-0.1, -0.05) is 6.92 Å². The van der Waals surface area contributed by atoms with Crippen LogP contribution in [0.4, 0.5) is 5.82 Å². The monoisotopic (exact) mass is 248 g/mol. The summed E-state index contributed by atoms with van der Waals surface area (Å²) in [6.45, 7) is 5.05. The van der Waals surface area contributed by atoms with Crippen LogP contribution in [0.2, 0.25) is 0 Å². The maximum Gasteiger partial charge on any atom is 0.129 e. The van der Waals surface area contributed by atoms with E-state index in [-0.39, 0.29) is 18.5 Å². The van der Waals surface area contributed by atoms with Gasteiger partial charge < -0.3 is 15.7 Å². The van der Waals surface area contributed by atoms with Gasteiger partial charge in [0, 0.05) is 17.8 Å². The molecule has 0 bridgehead atoms. The Kier molecular flexibility index (Phi) is 3.52. The number of aliphatic hydroxyl groups excluding tert-OH is 1. The van der Waals surface area contributed by atoms with E-state index < -0.39 is 0 Å². The van der Waals surface area contributed by atoms with Crippen LogP contribution in [0, 0.1) is 18.3 Å². The van der Waals surface area contributed by atoms with E-state index in [0.717, 1.165) is 24.5 Å². The number of pyridine rings is 1. The summed E-state index contributed by atoms with van der Waals surface area (Å²) < 4.78 is 0. The summed E-state index contributed by atoms with van der Waals surface area (Å²) in [5, 5.41) is 17.0. The Morgan fingerprint density at radius 2 is 2.33 bits per heavy atom. The molecule has 1 fully saturated rings. The van der Waals surface area contributed by atoms with E-state index >= 15 is 0 Å². The van der Waals surface area contributed by atoms with E-state index in [9.17, 15) is 5.11 Å². The predicted octanol–water partition coefficient (Wildman–Crippen LogP) is 0.881. The second-order valence-electron chi connectivity index (χ2n) is 4.98. The molecule has 5 heteroatoms. The van der Waals surface area contributed by atoms with Gasteiger partial charge in [0.1, 0.15) is 11.7 Å². The van der Waals surface area contributed by atoms with Crippen molar-refractivity contribution in [3.8, 4) is 0 Å². The molecule has 4 N–H and O–H groups in total. The molecule has 2 heterocycles. The lowest BCUT2D eigenvalue weighted by atomic mass is 10.0. The van der Waals surface area contributed by atoms with Gasteiger partial charge in [0.15, 0.2) is 0 Å². The van der Waals surface area contributed by atoms with Crippen LogP contribution in [-0.2, 0) is 0 Å². The Bertz CT molecular complexity index is 460. The lowest BCUT2D eigenvalue weighted by Crippen LogP contribution is -2.36. The van der Waals surface area contributed by atoms with Gasteiger partial charge in [-0.3, -0.25) is 5.41 Å². The highest BCUT2D eigenvalue weighted by Crippen LogP contribution is 2.28. The summed E-state index contributed by atoms with van der Waals surface area (Å²) >= 11 is 0. The molecule has 0 spiro atoms. The van der Waals surface area contributed by atoms with Crippen LogP contribution in [0.1, 0.15) is 24.6 Å². The number of aryl methyl sites for hydroxylation is 1. The third-order valence-corrected chi connectivity index (χ3v) is 3.61. The largest absolute Gasteiger partial charge is 0.394 e. The molecule has 0 saturated carbocycles. The van der Waals surface area contributed by atoms with Gasteiger partial charge in [-0.05, 0) is 31.4 Å². The zero-order valence-corrected chi connectivity index (χ0v) is 10.8. The molecule has 0 radical (unpaired) electrons. The minimum absolute atomic E-state index is 0.0505. The van der Waals surface area contributed by atoms with Crippen molar-refractivity contribution in [2.45, 2.75) is 26.3 Å². The van der Waals surface area contributed by atoms with Crippen LogP contribution in [0.3, 0.4) is 0 Å². The molecule has 1 aliphatic rings. The van der Waals surface area contributed by atoms with Gasteiger partial charge in [0.25, 0.3) is 0 Å². The number of aromatic nitrogens is 1. The van der Waals surface area contributed by atoms with Crippen LogP contribution < -0.4 is 10.6 Å². The van der Waals surface area contributed by atoms with E-state index in [1.165, 1.54) is 0 Å². The van der Waals surface area contributed by atoms with Crippen molar-refractivity contribution in [2.24, 2.45) is 11.7 Å². The number of nitrogen functional groups attached to an aromatic ring is 1.